The molecule has 0 amide bonds. The standard InChI is InChI=1S/C9H12N2O.C6H6N4/c12-5-4-10-8-2-1-3-9-7(8)6-11-9;1-10-4-9-5-2-7-3-8-6(5)10/h1-3,10-12H,4-6H2;2-4H,1H3. The highest BCUT2D eigenvalue weighted by molar-refractivity contribution is 5.71. The van der Waals surface area contributed by atoms with Gasteiger partial charge in [-0.05, 0) is 12.1 Å². The summed E-state index contributed by atoms with van der Waals surface area (Å²) in [5, 5.41) is 15.0. The zero-order valence-corrected chi connectivity index (χ0v) is 12.3. The number of nitrogens with one attached hydrogen (secondary N) is 2. The van der Waals surface area contributed by atoms with Gasteiger partial charge in [0.15, 0.2) is 5.65 Å². The van der Waals surface area contributed by atoms with Crippen LogP contribution in [-0.4, -0.2) is 37.8 Å². The van der Waals surface area contributed by atoms with E-state index in [0.29, 0.717) is 6.54 Å². The van der Waals surface area contributed by atoms with Gasteiger partial charge >= 0.3 is 0 Å². The van der Waals surface area contributed by atoms with Crippen LogP contribution in [-0.2, 0) is 13.6 Å². The zero-order chi connectivity index (χ0) is 15.4. The summed E-state index contributed by atoms with van der Waals surface area (Å²) in [4.78, 5) is 11.9. The van der Waals surface area contributed by atoms with Crippen LogP contribution in [0.25, 0.3) is 11.2 Å². The van der Waals surface area contributed by atoms with Gasteiger partial charge in [0.25, 0.3) is 0 Å². The van der Waals surface area contributed by atoms with E-state index in [2.05, 4.69) is 31.7 Å². The average Bonchev–Trinajstić information content (AvgIpc) is 2.89. The molecule has 0 atom stereocenters. The van der Waals surface area contributed by atoms with Crippen molar-refractivity contribution >= 4 is 22.5 Å². The predicted octanol–water partition coefficient (Wildman–Crippen LogP) is 1.38. The first kappa shape index (κ1) is 14.3. The normalized spacial score (nSPS) is 11.7. The quantitative estimate of drug-likeness (QED) is 0.677. The van der Waals surface area contributed by atoms with Crippen molar-refractivity contribution in [3.63, 3.8) is 0 Å². The molecule has 3 heterocycles. The van der Waals surface area contributed by atoms with Crippen LogP contribution in [0.5, 0.6) is 0 Å². The highest BCUT2D eigenvalue weighted by atomic mass is 16.3. The van der Waals surface area contributed by atoms with Crippen molar-refractivity contribution in [2.24, 2.45) is 7.05 Å². The number of anilines is 2. The van der Waals surface area contributed by atoms with Crippen molar-refractivity contribution in [1.29, 1.82) is 0 Å². The van der Waals surface area contributed by atoms with E-state index in [9.17, 15) is 0 Å². The molecule has 4 rings (SSSR count). The fourth-order valence-corrected chi connectivity index (χ4v) is 2.26. The van der Waals surface area contributed by atoms with E-state index in [-0.39, 0.29) is 6.61 Å². The molecular formula is C15H18N6O. The summed E-state index contributed by atoms with van der Waals surface area (Å²) in [6.07, 6.45) is 4.94. The van der Waals surface area contributed by atoms with Gasteiger partial charge in [-0.1, -0.05) is 6.07 Å². The summed E-state index contributed by atoms with van der Waals surface area (Å²) in [5.74, 6) is 0. The Kier molecular flexibility index (Phi) is 4.15. The summed E-state index contributed by atoms with van der Waals surface area (Å²) in [6, 6.07) is 6.10. The molecule has 7 nitrogen and oxygen atoms in total. The van der Waals surface area contributed by atoms with Crippen LogP contribution in [0.3, 0.4) is 0 Å². The van der Waals surface area contributed by atoms with E-state index >= 15 is 0 Å². The number of aryl methyl sites for hydroxylation is 1. The van der Waals surface area contributed by atoms with Crippen LogP contribution in [0.1, 0.15) is 5.56 Å². The maximum absolute atomic E-state index is 8.63. The van der Waals surface area contributed by atoms with Crippen molar-refractivity contribution in [2.75, 3.05) is 23.8 Å². The molecular weight excluding hydrogens is 280 g/mol. The number of hydrogen-bond acceptors (Lipinski definition) is 6. The summed E-state index contributed by atoms with van der Waals surface area (Å²) in [7, 11) is 1.91. The lowest BCUT2D eigenvalue weighted by atomic mass is 10.0. The van der Waals surface area contributed by atoms with E-state index in [1.54, 1.807) is 12.5 Å². The molecule has 0 saturated heterocycles. The smallest absolute Gasteiger partial charge is 0.162 e. The molecule has 7 heteroatoms. The molecule has 0 saturated carbocycles. The van der Waals surface area contributed by atoms with Gasteiger partial charge < -0.3 is 20.3 Å². The molecule has 3 aromatic rings. The molecule has 0 fully saturated rings. The monoisotopic (exact) mass is 298 g/mol. The van der Waals surface area contributed by atoms with Crippen LogP contribution in [0, 0.1) is 0 Å². The Labute approximate surface area is 128 Å². The Morgan fingerprint density at radius 1 is 1.36 bits per heavy atom. The maximum Gasteiger partial charge on any atom is 0.162 e. The van der Waals surface area contributed by atoms with Crippen LogP contribution in [0.2, 0.25) is 0 Å². The van der Waals surface area contributed by atoms with E-state index in [1.807, 2.05) is 23.7 Å². The molecule has 2 aromatic heterocycles. The highest BCUT2D eigenvalue weighted by Crippen LogP contribution is 2.31. The fraction of sp³-hybridized carbons (Fsp3) is 0.267. The minimum Gasteiger partial charge on any atom is -0.395 e. The fourth-order valence-electron chi connectivity index (χ4n) is 2.26. The van der Waals surface area contributed by atoms with Crippen molar-refractivity contribution in [3.8, 4) is 0 Å². The first-order valence-corrected chi connectivity index (χ1v) is 7.07. The van der Waals surface area contributed by atoms with Crippen LogP contribution >= 0.6 is 0 Å². The lowest BCUT2D eigenvalue weighted by molar-refractivity contribution is 0.311. The number of nitrogens with zero attached hydrogens (tertiary/aromatic N) is 4. The predicted molar refractivity (Wildman–Crippen MR) is 85.6 cm³/mol. The Hall–Kier alpha value is -2.67. The number of benzene rings is 1. The molecule has 22 heavy (non-hydrogen) atoms. The molecule has 0 bridgehead atoms. The summed E-state index contributed by atoms with van der Waals surface area (Å²) < 4.78 is 1.86. The van der Waals surface area contributed by atoms with E-state index < -0.39 is 0 Å². The third-order valence-electron chi connectivity index (χ3n) is 3.44. The topological polar surface area (TPSA) is 87.9 Å². The third kappa shape index (κ3) is 2.84. The summed E-state index contributed by atoms with van der Waals surface area (Å²) in [6.45, 7) is 1.73. The number of aliphatic hydroxyl groups excluding tert-OH is 1. The molecule has 0 radical (unpaired) electrons. The number of aromatic nitrogens is 4. The van der Waals surface area contributed by atoms with Gasteiger partial charge in [0.2, 0.25) is 0 Å². The van der Waals surface area contributed by atoms with Gasteiger partial charge in [-0.2, -0.15) is 0 Å². The Balaban J connectivity index is 0.000000133. The lowest BCUT2D eigenvalue weighted by Crippen LogP contribution is -2.17. The van der Waals surface area contributed by atoms with Crippen LogP contribution in [0.4, 0.5) is 11.4 Å². The molecule has 114 valence electrons. The van der Waals surface area contributed by atoms with E-state index in [1.165, 1.54) is 17.6 Å². The van der Waals surface area contributed by atoms with Crippen molar-refractivity contribution in [1.82, 2.24) is 19.5 Å². The number of aliphatic hydroxyl groups is 1. The molecule has 1 aliphatic rings. The van der Waals surface area contributed by atoms with Crippen molar-refractivity contribution in [2.45, 2.75) is 6.54 Å². The number of imidazole rings is 1. The Bertz CT molecular complexity index is 770. The van der Waals surface area contributed by atoms with Gasteiger partial charge in [0.05, 0.1) is 19.1 Å². The highest BCUT2D eigenvalue weighted by Gasteiger charge is 2.14. The molecule has 0 unspecified atom stereocenters. The molecule has 1 aliphatic heterocycles. The minimum absolute atomic E-state index is 0.178. The lowest BCUT2D eigenvalue weighted by Gasteiger charge is -2.24. The minimum atomic E-state index is 0.178. The van der Waals surface area contributed by atoms with Gasteiger partial charge in [-0.3, -0.25) is 0 Å². The van der Waals surface area contributed by atoms with Crippen molar-refractivity contribution in [3.05, 3.63) is 42.6 Å². The molecule has 0 spiro atoms. The SMILES string of the molecule is Cn1cnc2cncnc21.OCCNc1cccc2c1CN2. The van der Waals surface area contributed by atoms with Gasteiger partial charge in [-0.25, -0.2) is 15.0 Å². The largest absolute Gasteiger partial charge is 0.395 e. The summed E-state index contributed by atoms with van der Waals surface area (Å²) in [5.41, 5.74) is 5.38. The van der Waals surface area contributed by atoms with E-state index in [4.69, 9.17) is 5.11 Å². The van der Waals surface area contributed by atoms with Gasteiger partial charge in [-0.15, -0.1) is 0 Å². The Morgan fingerprint density at radius 3 is 3.00 bits per heavy atom. The summed E-state index contributed by atoms with van der Waals surface area (Å²) >= 11 is 0. The first-order chi connectivity index (χ1) is 10.8. The average molecular weight is 298 g/mol. The third-order valence-corrected chi connectivity index (χ3v) is 3.44. The second-order valence-electron chi connectivity index (χ2n) is 4.92. The van der Waals surface area contributed by atoms with Crippen LogP contribution in [0.15, 0.2) is 37.1 Å². The number of rotatable bonds is 3. The molecule has 3 N–H and O–H groups in total. The number of fused-ring (bicyclic) bond motifs is 2. The first-order valence-electron chi connectivity index (χ1n) is 7.07. The molecule has 1 aromatic carbocycles. The van der Waals surface area contributed by atoms with Crippen molar-refractivity contribution < 1.29 is 5.11 Å². The van der Waals surface area contributed by atoms with E-state index in [0.717, 1.165) is 23.4 Å². The zero-order valence-electron chi connectivity index (χ0n) is 12.3. The Morgan fingerprint density at radius 2 is 2.27 bits per heavy atom. The van der Waals surface area contributed by atoms with Gasteiger partial charge in [0.1, 0.15) is 11.8 Å². The number of hydrogen-bond donors (Lipinski definition) is 3. The molecule has 0 aliphatic carbocycles. The second-order valence-corrected chi connectivity index (χ2v) is 4.92. The maximum atomic E-state index is 8.63. The second kappa shape index (κ2) is 6.40. The van der Waals surface area contributed by atoms with Crippen LogP contribution < -0.4 is 10.6 Å². The van der Waals surface area contributed by atoms with Gasteiger partial charge in [0, 0.05) is 37.1 Å².